The summed E-state index contributed by atoms with van der Waals surface area (Å²) in [4.78, 5) is 16.4. The summed E-state index contributed by atoms with van der Waals surface area (Å²) in [6.45, 7) is 4.08. The van der Waals surface area contributed by atoms with Crippen LogP contribution in [0.3, 0.4) is 0 Å². The largest absolute Gasteiger partial charge is 0.490 e. The highest BCUT2D eigenvalue weighted by Crippen LogP contribution is 2.30. The van der Waals surface area contributed by atoms with Crippen molar-refractivity contribution >= 4 is 38.5 Å². The molecule has 0 bridgehead atoms. The van der Waals surface area contributed by atoms with E-state index in [1.54, 1.807) is 18.2 Å². The molecular weight excluding hydrogens is 476 g/mol. The van der Waals surface area contributed by atoms with Gasteiger partial charge in [-0.15, -0.1) is 0 Å². The van der Waals surface area contributed by atoms with Gasteiger partial charge in [0.25, 0.3) is 11.1 Å². The Bertz CT molecular complexity index is 1330. The Morgan fingerprint density at radius 2 is 1.91 bits per heavy atom. The van der Waals surface area contributed by atoms with Crippen LogP contribution in [0.1, 0.15) is 25.0 Å². The van der Waals surface area contributed by atoms with E-state index in [0.29, 0.717) is 30.3 Å². The molecule has 0 radical (unpaired) electrons. The first-order chi connectivity index (χ1) is 16.4. The quantitative estimate of drug-likeness (QED) is 0.329. The van der Waals surface area contributed by atoms with Gasteiger partial charge in [-0.3, -0.25) is 10.1 Å². The lowest BCUT2D eigenvalue weighted by atomic mass is 10.1. The Morgan fingerprint density at radius 3 is 2.59 bits per heavy atom. The normalized spacial score (nSPS) is 11.5. The maximum atomic E-state index is 12.5. The third-order valence-electron chi connectivity index (χ3n) is 4.47. The number of amides is 1. The molecule has 1 amide bonds. The Morgan fingerprint density at radius 1 is 1.15 bits per heavy atom. The third-order valence-corrected chi connectivity index (χ3v) is 6.71. The fraction of sp³-hybridized carbons (Fsp3) is 0.217. The summed E-state index contributed by atoms with van der Waals surface area (Å²) >= 11 is 0.724. The Kier molecular flexibility index (Phi) is 8.34. The minimum absolute atomic E-state index is 0.0159. The van der Waals surface area contributed by atoms with Gasteiger partial charge in [-0.1, -0.05) is 43.3 Å². The van der Waals surface area contributed by atoms with E-state index in [-0.39, 0.29) is 21.6 Å². The first-order valence-corrected chi connectivity index (χ1v) is 12.7. The maximum absolute atomic E-state index is 12.5. The molecule has 9 nitrogen and oxygen atoms in total. The lowest BCUT2D eigenvalue weighted by molar-refractivity contribution is -0.112. The predicted molar refractivity (Wildman–Crippen MR) is 128 cm³/mol. The molecule has 0 aliphatic carbocycles. The number of benzene rings is 2. The highest BCUT2D eigenvalue weighted by Gasteiger charge is 2.20. The molecule has 0 atom stereocenters. The first kappa shape index (κ1) is 24.9. The van der Waals surface area contributed by atoms with Crippen LogP contribution in [0.2, 0.25) is 0 Å². The smallest absolute Gasteiger partial charge is 0.268 e. The van der Waals surface area contributed by atoms with Crippen LogP contribution in [0.4, 0.5) is 5.13 Å². The summed E-state index contributed by atoms with van der Waals surface area (Å²) in [5, 5.41) is 11.5. The van der Waals surface area contributed by atoms with Crippen molar-refractivity contribution in [2.24, 2.45) is 0 Å². The number of nitrogens with one attached hydrogen (secondary N) is 1. The molecule has 1 heterocycles. The van der Waals surface area contributed by atoms with E-state index >= 15 is 0 Å². The van der Waals surface area contributed by atoms with Crippen molar-refractivity contribution in [1.82, 2.24) is 9.36 Å². The molecule has 2 aromatic carbocycles. The number of aromatic nitrogens is 2. The molecule has 0 saturated heterocycles. The molecular formula is C23H22N4O5S2. The van der Waals surface area contributed by atoms with Gasteiger partial charge in [0, 0.05) is 11.5 Å². The standard InChI is InChI=1S/C23H22N4O5S2/c1-3-31-20-13-17(10-11-19(20)32-15-16-8-6-5-7-9-16)12-18(14-24)21(28)25-22-26-23(27-33-22)34(29,30)4-2/h5-13H,3-4,15H2,1-2H3,(H,25,26,27,28)/b18-12-. The van der Waals surface area contributed by atoms with Gasteiger partial charge in [0.2, 0.25) is 15.0 Å². The van der Waals surface area contributed by atoms with Crippen molar-refractivity contribution in [2.45, 2.75) is 25.6 Å². The van der Waals surface area contributed by atoms with E-state index in [2.05, 4.69) is 14.7 Å². The number of sulfone groups is 1. The minimum atomic E-state index is -3.59. The van der Waals surface area contributed by atoms with Crippen LogP contribution in [0.25, 0.3) is 6.08 Å². The van der Waals surface area contributed by atoms with Crippen molar-refractivity contribution < 1.29 is 22.7 Å². The molecule has 0 unspecified atom stereocenters. The van der Waals surface area contributed by atoms with Gasteiger partial charge in [-0.05, 0) is 36.3 Å². The zero-order valence-corrected chi connectivity index (χ0v) is 20.1. The van der Waals surface area contributed by atoms with Crippen LogP contribution in [-0.2, 0) is 21.2 Å². The van der Waals surface area contributed by atoms with Gasteiger partial charge in [0.1, 0.15) is 18.2 Å². The average Bonchev–Trinajstić information content (AvgIpc) is 3.32. The number of hydrogen-bond acceptors (Lipinski definition) is 9. The van der Waals surface area contributed by atoms with Crippen LogP contribution in [0.5, 0.6) is 11.5 Å². The fourth-order valence-corrected chi connectivity index (χ4v) is 4.32. The summed E-state index contributed by atoms with van der Waals surface area (Å²) in [5.41, 5.74) is 1.35. The van der Waals surface area contributed by atoms with Crippen molar-refractivity contribution in [2.75, 3.05) is 17.7 Å². The zero-order chi connectivity index (χ0) is 24.6. The van der Waals surface area contributed by atoms with Crippen LogP contribution in [0, 0.1) is 11.3 Å². The van der Waals surface area contributed by atoms with E-state index in [1.807, 2.05) is 43.3 Å². The van der Waals surface area contributed by atoms with Gasteiger partial charge in [-0.25, -0.2) is 8.42 Å². The zero-order valence-electron chi connectivity index (χ0n) is 18.5. The number of ether oxygens (including phenoxy) is 2. The van der Waals surface area contributed by atoms with Crippen molar-refractivity contribution in [1.29, 1.82) is 5.26 Å². The molecule has 176 valence electrons. The van der Waals surface area contributed by atoms with Crippen molar-refractivity contribution in [3.63, 3.8) is 0 Å². The number of hydrogen-bond donors (Lipinski definition) is 1. The highest BCUT2D eigenvalue weighted by molar-refractivity contribution is 7.91. The van der Waals surface area contributed by atoms with Crippen LogP contribution in [0.15, 0.2) is 59.3 Å². The van der Waals surface area contributed by atoms with Gasteiger partial charge in [0.15, 0.2) is 11.5 Å². The van der Waals surface area contributed by atoms with Gasteiger partial charge < -0.3 is 9.47 Å². The molecule has 3 aromatic rings. The highest BCUT2D eigenvalue weighted by atomic mass is 32.2. The molecule has 1 N–H and O–H groups in total. The molecule has 0 saturated carbocycles. The van der Waals surface area contributed by atoms with E-state index in [9.17, 15) is 18.5 Å². The van der Waals surface area contributed by atoms with E-state index in [0.717, 1.165) is 17.1 Å². The summed E-state index contributed by atoms with van der Waals surface area (Å²) in [5.74, 6) is 0.113. The van der Waals surface area contributed by atoms with Crippen LogP contribution < -0.4 is 14.8 Å². The number of carbonyl (C=O) groups is 1. The molecule has 3 rings (SSSR count). The van der Waals surface area contributed by atoms with Crippen molar-refractivity contribution in [3.8, 4) is 17.6 Å². The fourth-order valence-electron chi connectivity index (χ4n) is 2.73. The SMILES string of the molecule is CCOc1cc(/C=C(/C#N)C(=O)Nc2nc(S(=O)(=O)CC)ns2)ccc1OCc1ccccc1. The molecule has 0 aliphatic rings. The van der Waals surface area contributed by atoms with Crippen LogP contribution in [-0.4, -0.2) is 36.0 Å². The van der Waals surface area contributed by atoms with Crippen molar-refractivity contribution in [3.05, 3.63) is 65.2 Å². The molecule has 0 fully saturated rings. The summed E-state index contributed by atoms with van der Waals surface area (Å²) in [7, 11) is -3.59. The first-order valence-electron chi connectivity index (χ1n) is 10.3. The third kappa shape index (κ3) is 6.40. The number of anilines is 1. The number of nitrogens with zero attached hydrogens (tertiary/aromatic N) is 3. The summed E-state index contributed by atoms with van der Waals surface area (Å²) in [6, 6.07) is 16.6. The van der Waals surface area contributed by atoms with Crippen LogP contribution >= 0.6 is 11.5 Å². The Labute approximate surface area is 201 Å². The molecule has 34 heavy (non-hydrogen) atoms. The average molecular weight is 499 g/mol. The number of nitriles is 1. The summed E-state index contributed by atoms with van der Waals surface area (Å²) in [6.07, 6.45) is 1.39. The number of carbonyl (C=O) groups excluding carboxylic acids is 1. The summed E-state index contributed by atoms with van der Waals surface area (Å²) < 4.78 is 39.0. The lowest BCUT2D eigenvalue weighted by Crippen LogP contribution is -2.13. The molecule has 11 heteroatoms. The second-order valence-corrected chi connectivity index (χ2v) is 9.75. The van der Waals surface area contributed by atoms with E-state index in [4.69, 9.17) is 9.47 Å². The maximum Gasteiger partial charge on any atom is 0.268 e. The minimum Gasteiger partial charge on any atom is -0.490 e. The lowest BCUT2D eigenvalue weighted by Gasteiger charge is -2.13. The van der Waals surface area contributed by atoms with E-state index < -0.39 is 15.7 Å². The monoisotopic (exact) mass is 498 g/mol. The Balaban J connectivity index is 1.77. The van der Waals surface area contributed by atoms with E-state index in [1.165, 1.54) is 13.0 Å². The van der Waals surface area contributed by atoms with Gasteiger partial charge in [-0.2, -0.15) is 14.6 Å². The second-order valence-electron chi connectivity index (χ2n) is 6.82. The molecule has 1 aromatic heterocycles. The predicted octanol–water partition coefficient (Wildman–Crippen LogP) is 3.86. The number of rotatable bonds is 10. The molecule has 0 aliphatic heterocycles. The molecule has 0 spiro atoms. The Hall–Kier alpha value is -3.75. The van der Waals surface area contributed by atoms with Gasteiger partial charge in [0.05, 0.1) is 12.4 Å². The second kappa shape index (κ2) is 11.4. The topological polar surface area (TPSA) is 131 Å². The van der Waals surface area contributed by atoms with Gasteiger partial charge >= 0.3 is 0 Å².